The maximum atomic E-state index is 11.1. The zero-order valence-corrected chi connectivity index (χ0v) is 14.8. The van der Waals surface area contributed by atoms with Crippen LogP contribution in [0.5, 0.6) is 17.2 Å². The molecule has 1 fully saturated rings. The number of benzene rings is 2. The number of hydrogen-bond donors (Lipinski definition) is 1. The van der Waals surface area contributed by atoms with Crippen LogP contribution in [0.2, 0.25) is 0 Å². The van der Waals surface area contributed by atoms with Gasteiger partial charge in [-0.05, 0) is 54.8 Å². The van der Waals surface area contributed by atoms with E-state index >= 15 is 0 Å². The Kier molecular flexibility index (Phi) is 5.84. The molecule has 2 aromatic carbocycles. The van der Waals surface area contributed by atoms with E-state index in [1.807, 2.05) is 48.5 Å². The fourth-order valence-corrected chi connectivity index (χ4v) is 3.01. The summed E-state index contributed by atoms with van der Waals surface area (Å²) in [5.41, 5.74) is 1.03. The summed E-state index contributed by atoms with van der Waals surface area (Å²) in [5, 5.41) is 9.15. The van der Waals surface area contributed by atoms with E-state index < -0.39 is 6.09 Å². The Morgan fingerprint density at radius 2 is 1.85 bits per heavy atom. The van der Waals surface area contributed by atoms with Gasteiger partial charge in [0.1, 0.15) is 30.5 Å². The highest BCUT2D eigenvalue weighted by Gasteiger charge is 2.28. The number of carbonyl (C=O) groups is 1. The standard InChI is InChI=1S/C20H23NO5/c1-24-19-6-2-4-15(12-19)13-25-17-7-9-18(10-8-17)26-14-16-5-3-11-21(16)20(22)23/h2,4,6-10,12,16H,3,5,11,13-14H2,1H3,(H,22,23)/t16-/m1/s1. The van der Waals surface area contributed by atoms with E-state index in [4.69, 9.17) is 19.3 Å². The minimum Gasteiger partial charge on any atom is -0.497 e. The van der Waals surface area contributed by atoms with Gasteiger partial charge in [-0.25, -0.2) is 4.79 Å². The zero-order valence-electron chi connectivity index (χ0n) is 14.8. The van der Waals surface area contributed by atoms with Crippen LogP contribution in [0.1, 0.15) is 18.4 Å². The third-order valence-corrected chi connectivity index (χ3v) is 4.43. The number of nitrogens with zero attached hydrogens (tertiary/aromatic N) is 1. The maximum absolute atomic E-state index is 11.1. The summed E-state index contributed by atoms with van der Waals surface area (Å²) in [6.45, 7) is 1.41. The van der Waals surface area contributed by atoms with Crippen molar-refractivity contribution in [3.05, 3.63) is 54.1 Å². The highest BCUT2D eigenvalue weighted by atomic mass is 16.5. The van der Waals surface area contributed by atoms with Crippen molar-refractivity contribution in [3.8, 4) is 17.2 Å². The Balaban J connectivity index is 1.49. The average molecular weight is 357 g/mol. The molecule has 1 aliphatic rings. The Morgan fingerprint density at radius 1 is 1.12 bits per heavy atom. The van der Waals surface area contributed by atoms with Gasteiger partial charge in [-0.3, -0.25) is 0 Å². The molecule has 1 saturated heterocycles. The average Bonchev–Trinajstić information content (AvgIpc) is 3.15. The maximum Gasteiger partial charge on any atom is 0.407 e. The molecule has 2 aromatic rings. The minimum atomic E-state index is -0.877. The van der Waals surface area contributed by atoms with Crippen molar-refractivity contribution in [2.24, 2.45) is 0 Å². The molecule has 0 radical (unpaired) electrons. The van der Waals surface area contributed by atoms with Gasteiger partial charge in [-0.1, -0.05) is 12.1 Å². The number of likely N-dealkylation sites (tertiary alicyclic amines) is 1. The highest BCUT2D eigenvalue weighted by molar-refractivity contribution is 5.65. The minimum absolute atomic E-state index is 0.0727. The van der Waals surface area contributed by atoms with Crippen molar-refractivity contribution in [3.63, 3.8) is 0 Å². The van der Waals surface area contributed by atoms with Gasteiger partial charge in [0.25, 0.3) is 0 Å². The Bertz CT molecular complexity index is 731. The lowest BCUT2D eigenvalue weighted by Gasteiger charge is -2.21. The molecule has 1 aliphatic heterocycles. The molecule has 0 aromatic heterocycles. The molecule has 3 rings (SSSR count). The summed E-state index contributed by atoms with van der Waals surface area (Å²) >= 11 is 0. The van der Waals surface area contributed by atoms with Crippen molar-refractivity contribution in [2.45, 2.75) is 25.5 Å². The summed E-state index contributed by atoms with van der Waals surface area (Å²) in [6, 6.07) is 15.0. The molecule has 0 unspecified atom stereocenters. The Hall–Kier alpha value is -2.89. The highest BCUT2D eigenvalue weighted by Crippen LogP contribution is 2.22. The smallest absolute Gasteiger partial charge is 0.407 e. The van der Waals surface area contributed by atoms with E-state index in [0.29, 0.717) is 25.5 Å². The van der Waals surface area contributed by atoms with E-state index in [2.05, 4.69) is 0 Å². The van der Waals surface area contributed by atoms with E-state index in [0.717, 1.165) is 29.9 Å². The summed E-state index contributed by atoms with van der Waals surface area (Å²) in [6.07, 6.45) is 0.850. The van der Waals surface area contributed by atoms with Gasteiger partial charge in [0.15, 0.2) is 0 Å². The number of carboxylic acid groups (broad SMARTS) is 1. The first kappa shape index (κ1) is 17.9. The first-order valence-corrected chi connectivity index (χ1v) is 8.64. The van der Waals surface area contributed by atoms with Crippen molar-refractivity contribution in [2.75, 3.05) is 20.3 Å². The summed E-state index contributed by atoms with van der Waals surface area (Å²) < 4.78 is 16.7. The van der Waals surface area contributed by atoms with Gasteiger partial charge in [-0.2, -0.15) is 0 Å². The number of ether oxygens (including phenoxy) is 3. The normalized spacial score (nSPS) is 16.3. The largest absolute Gasteiger partial charge is 0.497 e. The van der Waals surface area contributed by atoms with Crippen LogP contribution in [0, 0.1) is 0 Å². The van der Waals surface area contributed by atoms with Gasteiger partial charge >= 0.3 is 6.09 Å². The first-order valence-electron chi connectivity index (χ1n) is 8.64. The second-order valence-corrected chi connectivity index (χ2v) is 6.19. The van der Waals surface area contributed by atoms with E-state index in [1.165, 1.54) is 4.90 Å². The third-order valence-electron chi connectivity index (χ3n) is 4.43. The molecule has 138 valence electrons. The van der Waals surface area contributed by atoms with Crippen molar-refractivity contribution in [1.82, 2.24) is 4.90 Å². The van der Waals surface area contributed by atoms with Crippen LogP contribution >= 0.6 is 0 Å². The number of rotatable bonds is 7. The van der Waals surface area contributed by atoms with Crippen molar-refractivity contribution < 1.29 is 24.1 Å². The third kappa shape index (κ3) is 4.59. The zero-order chi connectivity index (χ0) is 18.4. The lowest BCUT2D eigenvalue weighted by atomic mass is 10.2. The predicted molar refractivity (Wildman–Crippen MR) is 97.0 cm³/mol. The number of methoxy groups -OCH3 is 1. The molecular formula is C20H23NO5. The second-order valence-electron chi connectivity index (χ2n) is 6.19. The van der Waals surface area contributed by atoms with Crippen molar-refractivity contribution >= 4 is 6.09 Å². The molecule has 1 N–H and O–H groups in total. The van der Waals surface area contributed by atoms with Crippen LogP contribution in [-0.4, -0.2) is 42.4 Å². The topological polar surface area (TPSA) is 68.2 Å². The second kappa shape index (κ2) is 8.47. The molecule has 0 saturated carbocycles. The Labute approximate surface area is 152 Å². The molecule has 0 spiro atoms. The lowest BCUT2D eigenvalue weighted by molar-refractivity contribution is 0.123. The lowest BCUT2D eigenvalue weighted by Crippen LogP contribution is -2.37. The number of amides is 1. The molecule has 1 atom stereocenters. The quantitative estimate of drug-likeness (QED) is 0.816. The molecule has 0 bridgehead atoms. The number of hydrogen-bond acceptors (Lipinski definition) is 4. The molecular weight excluding hydrogens is 334 g/mol. The van der Waals surface area contributed by atoms with E-state index in [9.17, 15) is 4.79 Å². The van der Waals surface area contributed by atoms with E-state index in [1.54, 1.807) is 7.11 Å². The molecule has 6 heteroatoms. The van der Waals surface area contributed by atoms with Gasteiger partial charge in [0.05, 0.1) is 13.2 Å². The molecule has 1 amide bonds. The Morgan fingerprint density at radius 3 is 2.54 bits per heavy atom. The fraction of sp³-hybridized carbons (Fsp3) is 0.350. The SMILES string of the molecule is COc1cccc(COc2ccc(OC[C@H]3CCCN3C(=O)O)cc2)c1. The molecule has 0 aliphatic carbocycles. The molecule has 6 nitrogen and oxygen atoms in total. The van der Waals surface area contributed by atoms with Crippen LogP contribution < -0.4 is 14.2 Å². The predicted octanol–water partition coefficient (Wildman–Crippen LogP) is 3.80. The fourth-order valence-electron chi connectivity index (χ4n) is 3.01. The summed E-state index contributed by atoms with van der Waals surface area (Å²) in [4.78, 5) is 12.6. The van der Waals surface area contributed by atoms with Gasteiger partial charge in [-0.15, -0.1) is 0 Å². The molecule has 1 heterocycles. The molecule has 26 heavy (non-hydrogen) atoms. The van der Waals surface area contributed by atoms with Crippen LogP contribution in [0.3, 0.4) is 0 Å². The monoisotopic (exact) mass is 357 g/mol. The van der Waals surface area contributed by atoms with Gasteiger partial charge in [0.2, 0.25) is 0 Å². The van der Waals surface area contributed by atoms with Crippen LogP contribution in [0.15, 0.2) is 48.5 Å². The van der Waals surface area contributed by atoms with Gasteiger partial charge < -0.3 is 24.2 Å². The van der Waals surface area contributed by atoms with Gasteiger partial charge in [0, 0.05) is 6.54 Å². The summed E-state index contributed by atoms with van der Waals surface area (Å²) in [7, 11) is 1.64. The van der Waals surface area contributed by atoms with Crippen LogP contribution in [-0.2, 0) is 6.61 Å². The van der Waals surface area contributed by atoms with Crippen LogP contribution in [0.4, 0.5) is 4.79 Å². The van der Waals surface area contributed by atoms with E-state index in [-0.39, 0.29) is 6.04 Å². The first-order chi connectivity index (χ1) is 12.7. The van der Waals surface area contributed by atoms with Crippen molar-refractivity contribution in [1.29, 1.82) is 0 Å². The summed E-state index contributed by atoms with van der Waals surface area (Å²) in [5.74, 6) is 2.25. The van der Waals surface area contributed by atoms with Crippen LogP contribution in [0.25, 0.3) is 0 Å².